The monoisotopic (exact) mass is 427 g/mol. The fourth-order valence-electron chi connectivity index (χ4n) is 4.80. The number of amides is 2. The van der Waals surface area contributed by atoms with E-state index in [0.717, 1.165) is 32.2 Å². The predicted octanol–water partition coefficient (Wildman–Crippen LogP) is 3.54. The number of hydrogen-bond acceptors (Lipinski definition) is 4. The van der Waals surface area contributed by atoms with E-state index in [2.05, 4.69) is 11.9 Å². The minimum absolute atomic E-state index is 0.0286. The molecule has 4 rings (SSSR count). The summed E-state index contributed by atoms with van der Waals surface area (Å²) >= 11 is 0. The Kier molecular flexibility index (Phi) is 6.12. The average molecular weight is 428 g/mol. The van der Waals surface area contributed by atoms with Crippen molar-refractivity contribution in [3.05, 3.63) is 53.5 Å². The lowest BCUT2D eigenvalue weighted by Crippen LogP contribution is -2.50. The zero-order chi connectivity index (χ0) is 22.0. The number of likely N-dealkylation sites (tertiary alicyclic amines) is 2. The second-order valence-corrected chi connectivity index (χ2v) is 9.10. The highest BCUT2D eigenvalue weighted by Crippen LogP contribution is 2.35. The molecule has 2 aliphatic heterocycles. The number of halogens is 1. The van der Waals surface area contributed by atoms with Crippen molar-refractivity contribution in [2.24, 2.45) is 5.92 Å². The summed E-state index contributed by atoms with van der Waals surface area (Å²) in [5.41, 5.74) is 0.217. The van der Waals surface area contributed by atoms with Crippen molar-refractivity contribution in [1.82, 2.24) is 14.8 Å². The second kappa shape index (κ2) is 8.81. The van der Waals surface area contributed by atoms with Crippen LogP contribution in [0.1, 0.15) is 56.7 Å². The second-order valence-electron chi connectivity index (χ2n) is 9.10. The molecule has 0 spiro atoms. The number of aromatic nitrogens is 1. The SMILES string of the molecule is CC(=O)N1CCC(C(=O)N2CCCC(C)(c3ncc(Cc4ccccc4F)o3)C2)CC1. The molecule has 2 amide bonds. The number of oxazole rings is 1. The van der Waals surface area contributed by atoms with Crippen LogP contribution in [0.2, 0.25) is 0 Å². The molecule has 1 unspecified atom stereocenters. The van der Waals surface area contributed by atoms with Crippen LogP contribution in [0, 0.1) is 11.7 Å². The van der Waals surface area contributed by atoms with E-state index < -0.39 is 0 Å². The van der Waals surface area contributed by atoms with E-state index in [1.165, 1.54) is 6.07 Å². The molecule has 0 bridgehead atoms. The Hall–Kier alpha value is -2.70. The number of carbonyl (C=O) groups excluding carboxylic acids is 2. The van der Waals surface area contributed by atoms with Crippen LogP contribution < -0.4 is 0 Å². The minimum atomic E-state index is -0.360. The molecular weight excluding hydrogens is 397 g/mol. The third kappa shape index (κ3) is 4.65. The van der Waals surface area contributed by atoms with E-state index >= 15 is 0 Å². The quantitative estimate of drug-likeness (QED) is 0.749. The van der Waals surface area contributed by atoms with Crippen LogP contribution in [-0.2, 0) is 21.4 Å². The Bertz CT molecular complexity index is 951. The summed E-state index contributed by atoms with van der Waals surface area (Å²) in [6.07, 6.45) is 5.24. The van der Waals surface area contributed by atoms with Gasteiger partial charge in [0.1, 0.15) is 11.6 Å². The topological polar surface area (TPSA) is 66.7 Å². The van der Waals surface area contributed by atoms with Gasteiger partial charge in [0.25, 0.3) is 0 Å². The first-order valence-electron chi connectivity index (χ1n) is 11.1. The van der Waals surface area contributed by atoms with Gasteiger partial charge in [-0.1, -0.05) is 18.2 Å². The molecule has 2 aliphatic rings. The van der Waals surface area contributed by atoms with E-state index in [9.17, 15) is 14.0 Å². The molecule has 31 heavy (non-hydrogen) atoms. The van der Waals surface area contributed by atoms with E-state index in [4.69, 9.17) is 4.42 Å². The Balaban J connectivity index is 1.42. The van der Waals surface area contributed by atoms with E-state index in [0.29, 0.717) is 43.3 Å². The van der Waals surface area contributed by atoms with Crippen LogP contribution in [0.5, 0.6) is 0 Å². The van der Waals surface area contributed by atoms with Gasteiger partial charge in [-0.3, -0.25) is 9.59 Å². The van der Waals surface area contributed by atoms with Gasteiger partial charge in [0.15, 0.2) is 0 Å². The molecule has 1 aromatic heterocycles. The van der Waals surface area contributed by atoms with Crippen LogP contribution in [0.25, 0.3) is 0 Å². The fourth-order valence-corrected chi connectivity index (χ4v) is 4.80. The lowest BCUT2D eigenvalue weighted by Gasteiger charge is -2.41. The molecule has 6 nitrogen and oxygen atoms in total. The Morgan fingerprint density at radius 1 is 1.19 bits per heavy atom. The van der Waals surface area contributed by atoms with Crippen LogP contribution >= 0.6 is 0 Å². The number of carbonyl (C=O) groups is 2. The van der Waals surface area contributed by atoms with Crippen molar-refractivity contribution < 1.29 is 18.4 Å². The van der Waals surface area contributed by atoms with Gasteiger partial charge in [0.2, 0.25) is 17.7 Å². The first-order chi connectivity index (χ1) is 14.9. The zero-order valence-corrected chi connectivity index (χ0v) is 18.3. The van der Waals surface area contributed by atoms with Crippen LogP contribution in [0.15, 0.2) is 34.9 Å². The maximum Gasteiger partial charge on any atom is 0.225 e. The lowest BCUT2D eigenvalue weighted by molar-refractivity contribution is -0.142. The highest BCUT2D eigenvalue weighted by molar-refractivity contribution is 5.80. The molecule has 2 fully saturated rings. The molecule has 166 valence electrons. The van der Waals surface area contributed by atoms with Gasteiger partial charge in [-0.15, -0.1) is 0 Å². The van der Waals surface area contributed by atoms with Crippen molar-refractivity contribution in [2.45, 2.75) is 51.4 Å². The van der Waals surface area contributed by atoms with Crippen molar-refractivity contribution >= 4 is 11.8 Å². The predicted molar refractivity (Wildman–Crippen MR) is 114 cm³/mol. The summed E-state index contributed by atoms with van der Waals surface area (Å²) in [5.74, 6) is 1.21. The maximum absolute atomic E-state index is 14.0. The minimum Gasteiger partial charge on any atom is -0.445 e. The van der Waals surface area contributed by atoms with Crippen LogP contribution in [0.4, 0.5) is 4.39 Å². The number of benzene rings is 1. The fraction of sp³-hybridized carbons (Fsp3) is 0.542. The van der Waals surface area contributed by atoms with Crippen molar-refractivity contribution in [1.29, 1.82) is 0 Å². The molecule has 3 heterocycles. The lowest BCUT2D eigenvalue weighted by atomic mass is 9.81. The Morgan fingerprint density at radius 2 is 1.94 bits per heavy atom. The van der Waals surface area contributed by atoms with Gasteiger partial charge in [0.05, 0.1) is 11.6 Å². The molecule has 0 aliphatic carbocycles. The zero-order valence-electron chi connectivity index (χ0n) is 18.3. The normalized spacial score (nSPS) is 22.5. The largest absolute Gasteiger partial charge is 0.445 e. The molecular formula is C24H30FN3O3. The first-order valence-corrected chi connectivity index (χ1v) is 11.1. The molecule has 0 N–H and O–H groups in total. The van der Waals surface area contributed by atoms with Crippen LogP contribution in [-0.4, -0.2) is 52.8 Å². The summed E-state index contributed by atoms with van der Waals surface area (Å²) in [4.78, 5) is 33.0. The number of hydrogen-bond donors (Lipinski definition) is 0. The van der Waals surface area contributed by atoms with Gasteiger partial charge < -0.3 is 14.2 Å². The molecule has 0 radical (unpaired) electrons. The van der Waals surface area contributed by atoms with Crippen molar-refractivity contribution in [2.75, 3.05) is 26.2 Å². The van der Waals surface area contributed by atoms with E-state index in [1.807, 2.05) is 15.9 Å². The van der Waals surface area contributed by atoms with Gasteiger partial charge in [-0.2, -0.15) is 0 Å². The number of rotatable bonds is 4. The Labute approximate surface area is 182 Å². The highest BCUT2D eigenvalue weighted by atomic mass is 19.1. The maximum atomic E-state index is 14.0. The number of nitrogens with zero attached hydrogens (tertiary/aromatic N) is 3. The molecule has 2 saturated heterocycles. The van der Waals surface area contributed by atoms with Crippen molar-refractivity contribution in [3.63, 3.8) is 0 Å². The van der Waals surface area contributed by atoms with Gasteiger partial charge >= 0.3 is 0 Å². The van der Waals surface area contributed by atoms with Gasteiger partial charge in [-0.25, -0.2) is 9.37 Å². The number of piperidine rings is 2. The Morgan fingerprint density at radius 3 is 2.65 bits per heavy atom. The van der Waals surface area contributed by atoms with Gasteiger partial charge in [0, 0.05) is 45.4 Å². The average Bonchev–Trinajstić information content (AvgIpc) is 3.24. The standard InChI is InChI=1S/C24H30FN3O3/c1-17(29)27-12-8-18(9-13-27)22(30)28-11-5-10-24(2,16-28)23-26-15-20(31-23)14-19-6-3-4-7-21(19)25/h3-4,6-7,15,18H,5,8-14,16H2,1-2H3. The summed E-state index contributed by atoms with van der Waals surface area (Å²) in [7, 11) is 0. The van der Waals surface area contributed by atoms with E-state index in [-0.39, 0.29) is 29.0 Å². The van der Waals surface area contributed by atoms with Gasteiger partial charge in [-0.05, 0) is 44.2 Å². The molecule has 1 aromatic carbocycles. The first kappa shape index (κ1) is 21.5. The van der Waals surface area contributed by atoms with Crippen LogP contribution in [0.3, 0.4) is 0 Å². The summed E-state index contributed by atoms with van der Waals surface area (Å²) in [6.45, 7) is 6.27. The summed E-state index contributed by atoms with van der Waals surface area (Å²) in [5, 5.41) is 0. The third-order valence-corrected chi connectivity index (χ3v) is 6.69. The smallest absolute Gasteiger partial charge is 0.225 e. The molecule has 2 aromatic rings. The molecule has 1 atom stereocenters. The summed E-state index contributed by atoms with van der Waals surface area (Å²) in [6, 6.07) is 6.67. The third-order valence-electron chi connectivity index (χ3n) is 6.69. The van der Waals surface area contributed by atoms with E-state index in [1.54, 1.807) is 25.3 Å². The summed E-state index contributed by atoms with van der Waals surface area (Å²) < 4.78 is 20.0. The molecule has 7 heteroatoms. The highest BCUT2D eigenvalue weighted by Gasteiger charge is 2.40. The molecule has 0 saturated carbocycles. The van der Waals surface area contributed by atoms with Crippen molar-refractivity contribution in [3.8, 4) is 0 Å².